The van der Waals surface area contributed by atoms with Crippen molar-refractivity contribution >= 4 is 0 Å². The van der Waals surface area contributed by atoms with Gasteiger partial charge in [-0.2, -0.15) is 0 Å². The summed E-state index contributed by atoms with van der Waals surface area (Å²) in [6.45, 7) is 6.92. The predicted molar refractivity (Wildman–Crippen MR) is 64.4 cm³/mol. The van der Waals surface area contributed by atoms with Crippen molar-refractivity contribution in [1.29, 1.82) is 0 Å². The van der Waals surface area contributed by atoms with Gasteiger partial charge in [0.1, 0.15) is 0 Å². The first-order valence-corrected chi connectivity index (χ1v) is 6.09. The number of hydrogen-bond donors (Lipinski definition) is 0. The fraction of sp³-hybridized carbons (Fsp3) is 0.714. The zero-order valence-electron chi connectivity index (χ0n) is 9.97. The van der Waals surface area contributed by atoms with Gasteiger partial charge >= 0.3 is 0 Å². The summed E-state index contributed by atoms with van der Waals surface area (Å²) in [7, 11) is 0. The topological polar surface area (TPSA) is 0 Å². The average molecular weight is 192 g/mol. The lowest BCUT2D eigenvalue weighted by molar-refractivity contribution is 0.516. The Bertz CT molecular complexity index is 220. The standard InChI is InChI=1S/C14H24/c1-4-5-6-7-11-14-12(2)9-8-10-13(14)3/h5-6,12H,4,7-11H2,1-3H3/b6-5-/t12-/m0/s1. The van der Waals surface area contributed by atoms with Gasteiger partial charge in [0, 0.05) is 0 Å². The van der Waals surface area contributed by atoms with Crippen molar-refractivity contribution in [2.45, 2.75) is 59.3 Å². The Morgan fingerprint density at radius 1 is 1.36 bits per heavy atom. The maximum Gasteiger partial charge on any atom is -0.0229 e. The summed E-state index contributed by atoms with van der Waals surface area (Å²) in [5, 5.41) is 0. The Hall–Kier alpha value is -0.520. The van der Waals surface area contributed by atoms with Crippen LogP contribution in [0, 0.1) is 5.92 Å². The molecule has 0 amide bonds. The highest BCUT2D eigenvalue weighted by molar-refractivity contribution is 5.18. The van der Waals surface area contributed by atoms with Crippen LogP contribution in [0.15, 0.2) is 23.3 Å². The molecule has 0 N–H and O–H groups in total. The number of allylic oxidation sites excluding steroid dienone is 4. The van der Waals surface area contributed by atoms with Gasteiger partial charge in [-0.3, -0.25) is 0 Å². The minimum atomic E-state index is 0.846. The molecule has 0 aliphatic heterocycles. The van der Waals surface area contributed by atoms with Gasteiger partial charge in [0.2, 0.25) is 0 Å². The van der Waals surface area contributed by atoms with E-state index >= 15 is 0 Å². The van der Waals surface area contributed by atoms with Gasteiger partial charge in [-0.1, -0.05) is 37.1 Å². The van der Waals surface area contributed by atoms with Crippen molar-refractivity contribution < 1.29 is 0 Å². The van der Waals surface area contributed by atoms with E-state index in [2.05, 4.69) is 32.9 Å². The highest BCUT2D eigenvalue weighted by Gasteiger charge is 2.15. The van der Waals surface area contributed by atoms with Crippen LogP contribution in [-0.4, -0.2) is 0 Å². The minimum absolute atomic E-state index is 0.846. The monoisotopic (exact) mass is 192 g/mol. The zero-order chi connectivity index (χ0) is 10.4. The summed E-state index contributed by atoms with van der Waals surface area (Å²) in [6, 6.07) is 0. The number of hydrogen-bond acceptors (Lipinski definition) is 0. The first kappa shape index (κ1) is 11.6. The van der Waals surface area contributed by atoms with E-state index in [0.29, 0.717) is 0 Å². The Kier molecular flexibility index (Phi) is 5.00. The van der Waals surface area contributed by atoms with Gasteiger partial charge in [0.05, 0.1) is 0 Å². The quantitative estimate of drug-likeness (QED) is 0.557. The highest BCUT2D eigenvalue weighted by Crippen LogP contribution is 2.32. The summed E-state index contributed by atoms with van der Waals surface area (Å²) < 4.78 is 0. The molecule has 0 bridgehead atoms. The summed E-state index contributed by atoms with van der Waals surface area (Å²) >= 11 is 0. The van der Waals surface area contributed by atoms with Crippen molar-refractivity contribution in [2.75, 3.05) is 0 Å². The maximum absolute atomic E-state index is 2.39. The van der Waals surface area contributed by atoms with E-state index in [0.717, 1.165) is 5.92 Å². The van der Waals surface area contributed by atoms with Crippen molar-refractivity contribution in [1.82, 2.24) is 0 Å². The second kappa shape index (κ2) is 6.06. The largest absolute Gasteiger partial charge is 0.0888 e. The summed E-state index contributed by atoms with van der Waals surface area (Å²) in [6.07, 6.45) is 12.5. The molecule has 0 nitrogen and oxygen atoms in total. The van der Waals surface area contributed by atoms with E-state index in [1.165, 1.54) is 38.5 Å². The Morgan fingerprint density at radius 3 is 2.79 bits per heavy atom. The molecule has 1 rings (SSSR count). The van der Waals surface area contributed by atoms with Crippen molar-refractivity contribution in [3.05, 3.63) is 23.3 Å². The van der Waals surface area contributed by atoms with Gasteiger partial charge in [-0.25, -0.2) is 0 Å². The second-order valence-corrected chi connectivity index (χ2v) is 4.52. The van der Waals surface area contributed by atoms with Gasteiger partial charge in [-0.15, -0.1) is 0 Å². The van der Waals surface area contributed by atoms with Crippen molar-refractivity contribution in [2.24, 2.45) is 5.92 Å². The third-order valence-electron chi connectivity index (χ3n) is 3.31. The lowest BCUT2D eigenvalue weighted by Gasteiger charge is -2.24. The Labute approximate surface area is 89.1 Å². The second-order valence-electron chi connectivity index (χ2n) is 4.52. The minimum Gasteiger partial charge on any atom is -0.0888 e. The molecule has 0 heterocycles. The summed E-state index contributed by atoms with van der Waals surface area (Å²) in [4.78, 5) is 0. The first-order chi connectivity index (χ1) is 6.75. The van der Waals surface area contributed by atoms with E-state index in [1.807, 2.05) is 0 Å². The van der Waals surface area contributed by atoms with E-state index in [4.69, 9.17) is 0 Å². The molecule has 0 fully saturated rings. The van der Waals surface area contributed by atoms with Crippen LogP contribution < -0.4 is 0 Å². The molecular weight excluding hydrogens is 168 g/mol. The van der Waals surface area contributed by atoms with Crippen LogP contribution in [-0.2, 0) is 0 Å². The first-order valence-electron chi connectivity index (χ1n) is 6.09. The van der Waals surface area contributed by atoms with E-state index < -0.39 is 0 Å². The van der Waals surface area contributed by atoms with Gasteiger partial charge in [-0.05, 0) is 51.4 Å². The third kappa shape index (κ3) is 3.32. The molecule has 0 aromatic rings. The summed E-state index contributed by atoms with van der Waals surface area (Å²) in [5.74, 6) is 0.846. The predicted octanol–water partition coefficient (Wildman–Crippen LogP) is 4.87. The molecular formula is C14H24. The molecule has 0 saturated heterocycles. The molecule has 14 heavy (non-hydrogen) atoms. The highest BCUT2D eigenvalue weighted by atomic mass is 14.2. The summed E-state index contributed by atoms with van der Waals surface area (Å²) in [5.41, 5.74) is 3.42. The van der Waals surface area contributed by atoms with Gasteiger partial charge in [0.15, 0.2) is 0 Å². The van der Waals surface area contributed by atoms with Crippen molar-refractivity contribution in [3.8, 4) is 0 Å². The Balaban J connectivity index is 2.44. The fourth-order valence-electron chi connectivity index (χ4n) is 2.41. The van der Waals surface area contributed by atoms with Crippen LogP contribution in [0.25, 0.3) is 0 Å². The molecule has 0 aromatic heterocycles. The molecule has 0 unspecified atom stereocenters. The van der Waals surface area contributed by atoms with Crippen LogP contribution in [0.1, 0.15) is 59.3 Å². The lowest BCUT2D eigenvalue weighted by atomic mass is 9.82. The molecule has 0 spiro atoms. The normalized spacial score (nSPS) is 23.5. The molecule has 0 radical (unpaired) electrons. The molecule has 0 aromatic carbocycles. The molecule has 80 valence electrons. The molecule has 1 aliphatic carbocycles. The number of rotatable bonds is 4. The third-order valence-corrected chi connectivity index (χ3v) is 3.31. The van der Waals surface area contributed by atoms with Crippen LogP contribution in [0.3, 0.4) is 0 Å². The average Bonchev–Trinajstić information content (AvgIpc) is 2.16. The molecule has 0 saturated carbocycles. The Morgan fingerprint density at radius 2 is 2.14 bits per heavy atom. The van der Waals surface area contributed by atoms with E-state index in [9.17, 15) is 0 Å². The smallest absolute Gasteiger partial charge is 0.0229 e. The SMILES string of the molecule is CC/C=C\CCC1=C(C)CCC[C@@H]1C. The van der Waals surface area contributed by atoms with Crippen LogP contribution in [0.2, 0.25) is 0 Å². The van der Waals surface area contributed by atoms with E-state index in [-0.39, 0.29) is 0 Å². The zero-order valence-corrected chi connectivity index (χ0v) is 9.97. The van der Waals surface area contributed by atoms with Crippen LogP contribution in [0.4, 0.5) is 0 Å². The van der Waals surface area contributed by atoms with E-state index in [1.54, 1.807) is 11.1 Å². The fourth-order valence-corrected chi connectivity index (χ4v) is 2.41. The van der Waals surface area contributed by atoms with Crippen LogP contribution in [0.5, 0.6) is 0 Å². The van der Waals surface area contributed by atoms with Crippen molar-refractivity contribution in [3.63, 3.8) is 0 Å². The van der Waals surface area contributed by atoms with Gasteiger partial charge in [0.25, 0.3) is 0 Å². The molecule has 1 aliphatic rings. The molecule has 0 heteroatoms. The molecule has 1 atom stereocenters. The van der Waals surface area contributed by atoms with Gasteiger partial charge < -0.3 is 0 Å². The van der Waals surface area contributed by atoms with Crippen LogP contribution >= 0.6 is 0 Å². The maximum atomic E-state index is 2.39. The lowest BCUT2D eigenvalue weighted by Crippen LogP contribution is -2.07.